The number of halogens is 1. The summed E-state index contributed by atoms with van der Waals surface area (Å²) < 4.78 is 7.44. The molecule has 96 valence electrons. The van der Waals surface area contributed by atoms with E-state index in [0.717, 1.165) is 12.1 Å². The average molecular weight is 276 g/mol. The van der Waals surface area contributed by atoms with Crippen molar-refractivity contribution in [1.29, 1.82) is 5.26 Å². The van der Waals surface area contributed by atoms with Gasteiger partial charge >= 0.3 is 0 Å². The first kappa shape index (κ1) is 11.9. The van der Waals surface area contributed by atoms with Crippen molar-refractivity contribution in [3.63, 3.8) is 0 Å². The lowest BCUT2D eigenvalue weighted by Crippen LogP contribution is -2.12. The second-order valence-electron chi connectivity index (χ2n) is 4.21. The lowest BCUT2D eigenvalue weighted by atomic mass is 10.0. The Morgan fingerprint density at radius 2 is 2.37 bits per heavy atom. The number of aromatic hydroxyl groups is 1. The zero-order valence-corrected chi connectivity index (χ0v) is 10.7. The lowest BCUT2D eigenvalue weighted by Gasteiger charge is -2.19. The second-order valence-corrected chi connectivity index (χ2v) is 4.62. The highest BCUT2D eigenvalue weighted by Crippen LogP contribution is 2.43. The molecule has 0 aliphatic carbocycles. The molecule has 0 unspecified atom stereocenters. The van der Waals surface area contributed by atoms with Gasteiger partial charge in [0.2, 0.25) is 0 Å². The molecular formula is C13H10ClN3O2. The van der Waals surface area contributed by atoms with Crippen LogP contribution in [0, 0.1) is 11.3 Å². The molecule has 0 amide bonds. The second kappa shape index (κ2) is 4.48. The van der Waals surface area contributed by atoms with Crippen LogP contribution in [0.2, 0.25) is 5.02 Å². The van der Waals surface area contributed by atoms with Gasteiger partial charge in [0, 0.05) is 25.2 Å². The van der Waals surface area contributed by atoms with E-state index in [1.165, 1.54) is 6.07 Å². The van der Waals surface area contributed by atoms with Gasteiger partial charge in [0.15, 0.2) is 0 Å². The van der Waals surface area contributed by atoms with Gasteiger partial charge in [-0.1, -0.05) is 11.6 Å². The Morgan fingerprint density at radius 1 is 1.53 bits per heavy atom. The van der Waals surface area contributed by atoms with Gasteiger partial charge in [0.1, 0.15) is 23.1 Å². The van der Waals surface area contributed by atoms with Crippen LogP contribution in [0.15, 0.2) is 18.3 Å². The van der Waals surface area contributed by atoms with Crippen molar-refractivity contribution in [3.05, 3.63) is 28.9 Å². The van der Waals surface area contributed by atoms with Crippen LogP contribution >= 0.6 is 11.6 Å². The molecular weight excluding hydrogens is 266 g/mol. The van der Waals surface area contributed by atoms with Crippen molar-refractivity contribution in [1.82, 2.24) is 9.78 Å². The molecule has 5 nitrogen and oxygen atoms in total. The number of rotatable bonds is 0. The third-order valence-corrected chi connectivity index (χ3v) is 3.34. The SMILES string of the molecule is N#Cc1c(O)cc(Cl)c2c1-c1ccnn1CCCO2. The average Bonchev–Trinajstić information content (AvgIpc) is 2.80. The van der Waals surface area contributed by atoms with Gasteiger partial charge in [-0.3, -0.25) is 4.68 Å². The summed E-state index contributed by atoms with van der Waals surface area (Å²) in [6.07, 6.45) is 2.46. The Kier molecular flexibility index (Phi) is 2.80. The summed E-state index contributed by atoms with van der Waals surface area (Å²) in [5, 5.41) is 23.6. The Bertz CT molecular complexity index is 688. The molecule has 1 aromatic carbocycles. The Morgan fingerprint density at radius 3 is 3.16 bits per heavy atom. The summed E-state index contributed by atoms with van der Waals surface area (Å²) in [6, 6.07) is 5.12. The smallest absolute Gasteiger partial charge is 0.148 e. The molecule has 3 rings (SSSR count). The maximum Gasteiger partial charge on any atom is 0.148 e. The van der Waals surface area contributed by atoms with Crippen molar-refractivity contribution >= 4 is 11.6 Å². The summed E-state index contributed by atoms with van der Waals surface area (Å²) in [4.78, 5) is 0. The van der Waals surface area contributed by atoms with Crippen LogP contribution < -0.4 is 4.74 Å². The van der Waals surface area contributed by atoms with E-state index in [0.29, 0.717) is 29.5 Å². The van der Waals surface area contributed by atoms with Gasteiger partial charge < -0.3 is 9.84 Å². The zero-order chi connectivity index (χ0) is 13.4. The highest BCUT2D eigenvalue weighted by molar-refractivity contribution is 6.32. The molecule has 0 fully saturated rings. The minimum atomic E-state index is -0.150. The van der Waals surface area contributed by atoms with E-state index in [1.807, 2.05) is 6.07 Å². The van der Waals surface area contributed by atoms with E-state index in [4.69, 9.17) is 16.3 Å². The number of hydrogen-bond donors (Lipinski definition) is 1. The molecule has 0 radical (unpaired) electrons. The first-order valence-corrected chi connectivity index (χ1v) is 6.20. The number of aryl methyl sites for hydroxylation is 1. The molecule has 1 aliphatic rings. The van der Waals surface area contributed by atoms with E-state index < -0.39 is 0 Å². The van der Waals surface area contributed by atoms with Crippen molar-refractivity contribution in [3.8, 4) is 28.8 Å². The van der Waals surface area contributed by atoms with Crippen LogP contribution in [0.3, 0.4) is 0 Å². The normalized spacial score (nSPS) is 13.5. The Hall–Kier alpha value is -2.19. The molecule has 1 aliphatic heterocycles. The summed E-state index contributed by atoms with van der Waals surface area (Å²) in [5.41, 5.74) is 1.39. The number of aromatic nitrogens is 2. The number of ether oxygens (including phenoxy) is 1. The first-order valence-electron chi connectivity index (χ1n) is 5.83. The molecule has 1 aromatic heterocycles. The maximum atomic E-state index is 9.88. The number of benzene rings is 1. The van der Waals surface area contributed by atoms with E-state index in [-0.39, 0.29) is 11.3 Å². The third-order valence-electron chi connectivity index (χ3n) is 3.06. The lowest BCUT2D eigenvalue weighted by molar-refractivity contribution is 0.295. The minimum absolute atomic E-state index is 0.150. The molecule has 6 heteroatoms. The van der Waals surface area contributed by atoms with Crippen LogP contribution in [-0.4, -0.2) is 21.5 Å². The monoisotopic (exact) mass is 275 g/mol. The topological polar surface area (TPSA) is 71.1 Å². The van der Waals surface area contributed by atoms with Crippen LogP contribution in [-0.2, 0) is 6.54 Å². The van der Waals surface area contributed by atoms with E-state index in [1.54, 1.807) is 16.9 Å². The molecule has 0 saturated heterocycles. The van der Waals surface area contributed by atoms with Crippen LogP contribution in [0.4, 0.5) is 0 Å². The van der Waals surface area contributed by atoms with Crippen molar-refractivity contribution in [2.24, 2.45) is 0 Å². The van der Waals surface area contributed by atoms with E-state index in [2.05, 4.69) is 5.10 Å². The summed E-state index contributed by atoms with van der Waals surface area (Å²) in [5.74, 6) is 0.278. The molecule has 0 saturated carbocycles. The number of phenolic OH excluding ortho intramolecular Hbond substituents is 1. The molecule has 2 heterocycles. The van der Waals surface area contributed by atoms with Gasteiger partial charge in [-0.25, -0.2) is 0 Å². The molecule has 2 aromatic rings. The highest BCUT2D eigenvalue weighted by Gasteiger charge is 2.24. The zero-order valence-electron chi connectivity index (χ0n) is 9.93. The van der Waals surface area contributed by atoms with Crippen LogP contribution in [0.1, 0.15) is 12.0 Å². The maximum absolute atomic E-state index is 9.88. The molecule has 0 spiro atoms. The van der Waals surface area contributed by atoms with Crippen molar-refractivity contribution < 1.29 is 9.84 Å². The van der Waals surface area contributed by atoms with E-state index in [9.17, 15) is 10.4 Å². The Labute approximate surface area is 114 Å². The van der Waals surface area contributed by atoms with Crippen LogP contribution in [0.5, 0.6) is 11.5 Å². The highest BCUT2D eigenvalue weighted by atomic mass is 35.5. The quantitative estimate of drug-likeness (QED) is 0.802. The predicted octanol–water partition coefficient (Wildman–Crippen LogP) is 2.56. The fourth-order valence-corrected chi connectivity index (χ4v) is 2.48. The third kappa shape index (κ3) is 1.81. The molecule has 0 bridgehead atoms. The standard InChI is InChI=1S/C13H10ClN3O2/c14-9-6-11(18)8(7-15)12-10-2-3-16-17(10)4-1-5-19-13(9)12/h2-3,6,18H,1,4-5H2. The number of nitriles is 1. The van der Waals surface area contributed by atoms with Gasteiger partial charge in [0.05, 0.1) is 22.9 Å². The van der Waals surface area contributed by atoms with Crippen molar-refractivity contribution in [2.45, 2.75) is 13.0 Å². The fourth-order valence-electron chi connectivity index (χ4n) is 2.23. The molecule has 0 atom stereocenters. The number of hydrogen-bond acceptors (Lipinski definition) is 4. The minimum Gasteiger partial charge on any atom is -0.506 e. The summed E-state index contributed by atoms with van der Waals surface area (Å²) >= 11 is 6.11. The summed E-state index contributed by atoms with van der Waals surface area (Å²) in [6.45, 7) is 1.18. The predicted molar refractivity (Wildman–Crippen MR) is 69.2 cm³/mol. The first-order chi connectivity index (χ1) is 9.22. The number of nitrogens with zero attached hydrogens (tertiary/aromatic N) is 3. The molecule has 19 heavy (non-hydrogen) atoms. The van der Waals surface area contributed by atoms with Crippen molar-refractivity contribution in [2.75, 3.05) is 6.61 Å². The van der Waals surface area contributed by atoms with Gasteiger partial charge in [-0.15, -0.1) is 0 Å². The van der Waals surface area contributed by atoms with Gasteiger partial charge in [-0.2, -0.15) is 10.4 Å². The number of phenols is 1. The van der Waals surface area contributed by atoms with Crippen LogP contribution in [0.25, 0.3) is 11.3 Å². The number of fused-ring (bicyclic) bond motifs is 3. The largest absolute Gasteiger partial charge is 0.506 e. The Balaban J connectivity index is 2.38. The van der Waals surface area contributed by atoms with Gasteiger partial charge in [-0.05, 0) is 6.07 Å². The molecule has 1 N–H and O–H groups in total. The van der Waals surface area contributed by atoms with E-state index >= 15 is 0 Å². The summed E-state index contributed by atoms with van der Waals surface area (Å²) in [7, 11) is 0. The van der Waals surface area contributed by atoms with Gasteiger partial charge in [0.25, 0.3) is 0 Å². The fraction of sp³-hybridized carbons (Fsp3) is 0.231.